The first-order chi connectivity index (χ1) is 8.87. The summed E-state index contributed by atoms with van der Waals surface area (Å²) in [4.78, 5) is 4.44. The summed E-state index contributed by atoms with van der Waals surface area (Å²) in [6.07, 6.45) is 6.22. The van der Waals surface area contributed by atoms with E-state index < -0.39 is 0 Å². The first-order valence-electron chi connectivity index (χ1n) is 7.49. The lowest BCUT2D eigenvalue weighted by Crippen LogP contribution is -2.40. The van der Waals surface area contributed by atoms with Crippen LogP contribution in [0.2, 0.25) is 0 Å². The molecule has 0 aliphatic heterocycles. The fraction of sp³-hybridized carbons (Fsp3) is 0.867. The number of nitrogens with two attached hydrogens (primary N) is 1. The van der Waals surface area contributed by atoms with Crippen LogP contribution in [0.1, 0.15) is 52.8 Å². The molecule has 2 N–H and O–H groups in total. The standard InChI is InChI=1S/C15H28N4/c1-11(2)9-19-14(17-10-18-19)7-12-8-15(3,4)6-5-13(12)16/h10-13H,5-9,16H2,1-4H3. The highest BCUT2D eigenvalue weighted by atomic mass is 15.3. The molecule has 19 heavy (non-hydrogen) atoms. The molecule has 0 spiro atoms. The summed E-state index contributed by atoms with van der Waals surface area (Å²) >= 11 is 0. The Kier molecular flexibility index (Phi) is 4.29. The lowest BCUT2D eigenvalue weighted by atomic mass is 9.69. The molecular formula is C15H28N4. The molecule has 108 valence electrons. The molecule has 0 bridgehead atoms. The lowest BCUT2D eigenvalue weighted by Gasteiger charge is -2.39. The Labute approximate surface area is 116 Å². The smallest absolute Gasteiger partial charge is 0.138 e. The van der Waals surface area contributed by atoms with Crippen molar-refractivity contribution >= 4 is 0 Å². The second-order valence-corrected chi connectivity index (χ2v) is 7.29. The van der Waals surface area contributed by atoms with Gasteiger partial charge in [-0.2, -0.15) is 5.10 Å². The quantitative estimate of drug-likeness (QED) is 0.909. The molecule has 0 radical (unpaired) electrons. The molecule has 4 heteroatoms. The normalized spacial score (nSPS) is 26.8. The van der Waals surface area contributed by atoms with Crippen LogP contribution in [0.25, 0.3) is 0 Å². The zero-order valence-electron chi connectivity index (χ0n) is 12.8. The second kappa shape index (κ2) is 5.61. The molecule has 1 aromatic heterocycles. The van der Waals surface area contributed by atoms with Crippen LogP contribution in [-0.4, -0.2) is 20.8 Å². The van der Waals surface area contributed by atoms with Crippen LogP contribution in [0, 0.1) is 17.3 Å². The van der Waals surface area contributed by atoms with E-state index in [-0.39, 0.29) is 0 Å². The minimum Gasteiger partial charge on any atom is -0.327 e. The third kappa shape index (κ3) is 3.78. The average molecular weight is 264 g/mol. The van der Waals surface area contributed by atoms with Gasteiger partial charge in [-0.15, -0.1) is 0 Å². The Morgan fingerprint density at radius 3 is 2.89 bits per heavy atom. The van der Waals surface area contributed by atoms with Crippen molar-refractivity contribution < 1.29 is 0 Å². The lowest BCUT2D eigenvalue weighted by molar-refractivity contribution is 0.154. The van der Waals surface area contributed by atoms with E-state index >= 15 is 0 Å². The van der Waals surface area contributed by atoms with E-state index in [2.05, 4.69) is 42.5 Å². The summed E-state index contributed by atoms with van der Waals surface area (Å²) in [5, 5.41) is 4.35. The van der Waals surface area contributed by atoms with Crippen LogP contribution >= 0.6 is 0 Å². The Morgan fingerprint density at radius 1 is 1.47 bits per heavy atom. The summed E-state index contributed by atoms with van der Waals surface area (Å²) in [7, 11) is 0. The van der Waals surface area contributed by atoms with Crippen LogP contribution in [0.3, 0.4) is 0 Å². The van der Waals surface area contributed by atoms with Gasteiger partial charge in [-0.25, -0.2) is 9.67 Å². The van der Waals surface area contributed by atoms with E-state index in [1.807, 2.05) is 0 Å². The van der Waals surface area contributed by atoms with Crippen LogP contribution in [0.4, 0.5) is 0 Å². The third-order valence-electron chi connectivity index (χ3n) is 4.25. The van der Waals surface area contributed by atoms with Gasteiger partial charge in [-0.3, -0.25) is 0 Å². The number of rotatable bonds is 4. The van der Waals surface area contributed by atoms with Gasteiger partial charge in [0.25, 0.3) is 0 Å². The van der Waals surface area contributed by atoms with Crippen molar-refractivity contribution in [3.63, 3.8) is 0 Å². The van der Waals surface area contributed by atoms with Crippen molar-refractivity contribution in [2.24, 2.45) is 23.0 Å². The highest BCUT2D eigenvalue weighted by Gasteiger charge is 2.33. The molecule has 0 amide bonds. The van der Waals surface area contributed by atoms with Crippen molar-refractivity contribution in [2.45, 2.75) is 66.0 Å². The van der Waals surface area contributed by atoms with Gasteiger partial charge in [0.2, 0.25) is 0 Å². The summed E-state index contributed by atoms with van der Waals surface area (Å²) in [5.41, 5.74) is 6.73. The molecular weight excluding hydrogens is 236 g/mol. The average Bonchev–Trinajstić information content (AvgIpc) is 2.70. The highest BCUT2D eigenvalue weighted by Crippen LogP contribution is 2.39. The van der Waals surface area contributed by atoms with Crippen molar-refractivity contribution in [2.75, 3.05) is 0 Å². The minimum atomic E-state index is 0.317. The van der Waals surface area contributed by atoms with Crippen molar-refractivity contribution in [1.29, 1.82) is 0 Å². The zero-order valence-corrected chi connectivity index (χ0v) is 12.8. The van der Waals surface area contributed by atoms with E-state index in [1.54, 1.807) is 6.33 Å². The first-order valence-corrected chi connectivity index (χ1v) is 7.49. The predicted octanol–water partition coefficient (Wildman–Crippen LogP) is 2.63. The summed E-state index contributed by atoms with van der Waals surface area (Å²) in [5.74, 6) is 2.24. The van der Waals surface area contributed by atoms with Gasteiger partial charge in [0.05, 0.1) is 0 Å². The van der Waals surface area contributed by atoms with Gasteiger partial charge in [0.1, 0.15) is 12.2 Å². The van der Waals surface area contributed by atoms with Crippen LogP contribution < -0.4 is 5.73 Å². The maximum atomic E-state index is 6.31. The predicted molar refractivity (Wildman–Crippen MR) is 77.7 cm³/mol. The van der Waals surface area contributed by atoms with Gasteiger partial charge in [0, 0.05) is 19.0 Å². The Bertz CT molecular complexity index is 408. The van der Waals surface area contributed by atoms with E-state index in [0.717, 1.165) is 25.2 Å². The van der Waals surface area contributed by atoms with Gasteiger partial charge in [-0.05, 0) is 36.5 Å². The highest BCUT2D eigenvalue weighted by molar-refractivity contribution is 4.95. The molecule has 0 saturated heterocycles. The SMILES string of the molecule is CC(C)Cn1ncnc1CC1CC(C)(C)CCC1N. The topological polar surface area (TPSA) is 56.7 Å². The van der Waals surface area contributed by atoms with Crippen LogP contribution in [0.15, 0.2) is 6.33 Å². The maximum Gasteiger partial charge on any atom is 0.138 e. The molecule has 0 aromatic carbocycles. The maximum absolute atomic E-state index is 6.31. The number of hydrogen-bond donors (Lipinski definition) is 1. The van der Waals surface area contributed by atoms with Gasteiger partial charge in [0.15, 0.2) is 0 Å². The van der Waals surface area contributed by atoms with Crippen molar-refractivity contribution in [1.82, 2.24) is 14.8 Å². The number of nitrogens with zero attached hydrogens (tertiary/aromatic N) is 3. The second-order valence-electron chi connectivity index (χ2n) is 7.29. The fourth-order valence-corrected chi connectivity index (χ4v) is 3.16. The third-order valence-corrected chi connectivity index (χ3v) is 4.25. The van der Waals surface area contributed by atoms with E-state index in [1.165, 1.54) is 12.8 Å². The van der Waals surface area contributed by atoms with Gasteiger partial charge < -0.3 is 5.73 Å². The minimum absolute atomic E-state index is 0.317. The summed E-state index contributed by atoms with van der Waals surface area (Å²) in [6, 6.07) is 0.317. The number of hydrogen-bond acceptors (Lipinski definition) is 3. The van der Waals surface area contributed by atoms with Crippen molar-refractivity contribution in [3.05, 3.63) is 12.2 Å². The summed E-state index contributed by atoms with van der Waals surface area (Å²) in [6.45, 7) is 10.1. The monoisotopic (exact) mass is 264 g/mol. The molecule has 2 unspecified atom stereocenters. The molecule has 1 saturated carbocycles. The molecule has 1 fully saturated rings. The molecule has 1 aliphatic carbocycles. The largest absolute Gasteiger partial charge is 0.327 e. The van der Waals surface area contributed by atoms with Crippen LogP contribution in [-0.2, 0) is 13.0 Å². The van der Waals surface area contributed by atoms with E-state index in [0.29, 0.717) is 23.3 Å². The Morgan fingerprint density at radius 2 is 2.21 bits per heavy atom. The van der Waals surface area contributed by atoms with E-state index in [9.17, 15) is 0 Å². The van der Waals surface area contributed by atoms with E-state index in [4.69, 9.17) is 5.73 Å². The van der Waals surface area contributed by atoms with Gasteiger partial charge in [-0.1, -0.05) is 27.7 Å². The molecule has 1 aromatic rings. The summed E-state index contributed by atoms with van der Waals surface area (Å²) < 4.78 is 2.05. The first kappa shape index (κ1) is 14.5. The molecule has 1 heterocycles. The van der Waals surface area contributed by atoms with Crippen LogP contribution in [0.5, 0.6) is 0 Å². The Hall–Kier alpha value is -0.900. The molecule has 4 nitrogen and oxygen atoms in total. The molecule has 2 atom stereocenters. The van der Waals surface area contributed by atoms with Crippen molar-refractivity contribution in [3.8, 4) is 0 Å². The molecule has 1 aliphatic rings. The fourth-order valence-electron chi connectivity index (χ4n) is 3.16. The Balaban J connectivity index is 2.05. The zero-order chi connectivity index (χ0) is 14.0. The molecule has 2 rings (SSSR count). The van der Waals surface area contributed by atoms with Gasteiger partial charge >= 0.3 is 0 Å². The number of aromatic nitrogens is 3.